The highest BCUT2D eigenvalue weighted by Crippen LogP contribution is 2.43. The summed E-state index contributed by atoms with van der Waals surface area (Å²) in [5, 5.41) is 0. The third-order valence-corrected chi connectivity index (χ3v) is 9.02. The molecule has 0 aliphatic heterocycles. The predicted molar refractivity (Wildman–Crippen MR) is 224 cm³/mol. The third kappa shape index (κ3) is 38.9. The zero-order valence-corrected chi connectivity index (χ0v) is 35.3. The van der Waals surface area contributed by atoms with Gasteiger partial charge in [-0.3, -0.25) is 18.6 Å². The molecule has 9 nitrogen and oxygen atoms in total. The number of nitrogens with zero attached hydrogens (tertiary/aromatic N) is 1. The van der Waals surface area contributed by atoms with E-state index in [0.29, 0.717) is 30.3 Å². The molecule has 0 rings (SSSR count). The Kier molecular flexibility index (Phi) is 34.0. The second-order valence-electron chi connectivity index (χ2n) is 14.4. The molecule has 1 N–H and O–H groups in total. The molecule has 0 saturated carbocycles. The van der Waals surface area contributed by atoms with E-state index >= 15 is 0 Å². The molecule has 0 radical (unpaired) electrons. The molecule has 0 saturated heterocycles. The smallest absolute Gasteiger partial charge is 0.462 e. The number of carbonyl (C=O) groups is 2. The minimum atomic E-state index is -4.40. The van der Waals surface area contributed by atoms with Crippen molar-refractivity contribution in [3.63, 3.8) is 0 Å². The first-order chi connectivity index (χ1) is 26.0. The topological polar surface area (TPSA) is 108 Å². The van der Waals surface area contributed by atoms with Crippen molar-refractivity contribution in [2.45, 2.75) is 136 Å². The maximum absolute atomic E-state index is 12.6. The maximum atomic E-state index is 12.6. The van der Waals surface area contributed by atoms with E-state index in [4.69, 9.17) is 18.5 Å². The highest BCUT2D eigenvalue weighted by atomic mass is 31.2. The maximum Gasteiger partial charge on any atom is 0.472 e. The van der Waals surface area contributed by atoms with Gasteiger partial charge in [0.2, 0.25) is 0 Å². The lowest BCUT2D eigenvalue weighted by molar-refractivity contribution is -0.870. The predicted octanol–water partition coefficient (Wildman–Crippen LogP) is 11.2. The van der Waals surface area contributed by atoms with Crippen LogP contribution in [0.2, 0.25) is 0 Å². The molecular formula is C44H75NO8P+. The first kappa shape index (κ1) is 51.2. The average molecular weight is 777 g/mol. The first-order valence-corrected chi connectivity index (χ1v) is 21.9. The zero-order chi connectivity index (χ0) is 40.0. The Morgan fingerprint density at radius 2 is 1.15 bits per heavy atom. The molecule has 2 unspecified atom stereocenters. The molecule has 54 heavy (non-hydrogen) atoms. The van der Waals surface area contributed by atoms with Crippen LogP contribution in [0, 0.1) is 0 Å². The standard InChI is InChI=1S/C44H74NO8P/c1-6-8-10-12-14-16-18-20-21-22-23-25-26-28-30-32-34-36-43(46)50-40-42(41-52-54(48,49)51-39-38-45(3,4)5)53-44(47)37-35-33-31-29-27-24-19-17-15-13-11-9-7-2/h9,11,13-17,19-21,24,27,29,31,42H,6-8,10,12,18,22-23,25-26,28,30,32-41H2,1-5H3/p+1/b11-9+,15-13+,16-14+,19-17+,21-20+,27-24+,31-29+. The zero-order valence-electron chi connectivity index (χ0n) is 34.4. The van der Waals surface area contributed by atoms with Gasteiger partial charge < -0.3 is 18.9 Å². The number of ether oxygens (including phenoxy) is 2. The number of carbonyl (C=O) groups excluding carboxylic acids is 2. The lowest BCUT2D eigenvalue weighted by Crippen LogP contribution is -2.37. The molecule has 0 fully saturated rings. The molecule has 0 heterocycles. The molecular weight excluding hydrogens is 701 g/mol. The van der Waals surface area contributed by atoms with Gasteiger partial charge in [-0.05, 0) is 57.8 Å². The van der Waals surface area contributed by atoms with E-state index in [1.165, 1.54) is 44.9 Å². The number of esters is 2. The number of phosphoric ester groups is 1. The summed E-state index contributed by atoms with van der Waals surface area (Å²) >= 11 is 0. The van der Waals surface area contributed by atoms with Crippen LogP contribution in [0.4, 0.5) is 0 Å². The van der Waals surface area contributed by atoms with Gasteiger partial charge in [-0.1, -0.05) is 144 Å². The number of allylic oxidation sites excluding steroid dienone is 14. The Hall–Kier alpha value is -2.81. The minimum absolute atomic E-state index is 0.0120. The Bertz CT molecular complexity index is 1200. The molecule has 308 valence electrons. The van der Waals surface area contributed by atoms with Gasteiger partial charge in [0.1, 0.15) is 19.8 Å². The molecule has 0 aromatic rings. The van der Waals surface area contributed by atoms with Gasteiger partial charge >= 0.3 is 19.8 Å². The second-order valence-corrected chi connectivity index (χ2v) is 15.9. The molecule has 0 amide bonds. The van der Waals surface area contributed by atoms with E-state index in [0.717, 1.165) is 38.5 Å². The van der Waals surface area contributed by atoms with Crippen molar-refractivity contribution in [2.24, 2.45) is 0 Å². The lowest BCUT2D eigenvalue weighted by Gasteiger charge is -2.24. The van der Waals surface area contributed by atoms with E-state index in [1.54, 1.807) is 0 Å². The molecule has 10 heteroatoms. The Morgan fingerprint density at radius 3 is 1.76 bits per heavy atom. The molecule has 0 aliphatic carbocycles. The van der Waals surface area contributed by atoms with E-state index < -0.39 is 32.5 Å². The van der Waals surface area contributed by atoms with Gasteiger partial charge in [0.25, 0.3) is 0 Å². The first-order valence-electron chi connectivity index (χ1n) is 20.4. The largest absolute Gasteiger partial charge is 0.472 e. The summed E-state index contributed by atoms with van der Waals surface area (Å²) in [6.07, 6.45) is 45.0. The van der Waals surface area contributed by atoms with Crippen LogP contribution < -0.4 is 0 Å². The molecule has 0 bridgehead atoms. The lowest BCUT2D eigenvalue weighted by atomic mass is 10.1. The van der Waals surface area contributed by atoms with Crippen LogP contribution in [0.25, 0.3) is 0 Å². The highest BCUT2D eigenvalue weighted by molar-refractivity contribution is 7.47. The Labute approximate surface area is 329 Å². The number of hydrogen-bond donors (Lipinski definition) is 1. The number of quaternary nitrogens is 1. The van der Waals surface area contributed by atoms with Gasteiger partial charge in [0.15, 0.2) is 6.10 Å². The summed E-state index contributed by atoms with van der Waals surface area (Å²) in [7, 11) is 1.41. The molecule has 2 atom stereocenters. The minimum Gasteiger partial charge on any atom is -0.462 e. The summed E-state index contributed by atoms with van der Waals surface area (Å²) in [4.78, 5) is 35.2. The van der Waals surface area contributed by atoms with Crippen LogP contribution in [0.1, 0.15) is 129 Å². The average Bonchev–Trinajstić information content (AvgIpc) is 3.12. The van der Waals surface area contributed by atoms with Crippen LogP contribution >= 0.6 is 7.82 Å². The number of rotatable bonds is 35. The highest BCUT2D eigenvalue weighted by Gasteiger charge is 2.27. The van der Waals surface area contributed by atoms with Crippen molar-refractivity contribution in [3.8, 4) is 0 Å². The summed E-state index contributed by atoms with van der Waals surface area (Å²) in [6, 6.07) is 0. The number of phosphoric acid groups is 1. The van der Waals surface area contributed by atoms with Crippen LogP contribution in [-0.2, 0) is 32.7 Å². The van der Waals surface area contributed by atoms with E-state index in [-0.39, 0.29) is 26.1 Å². The van der Waals surface area contributed by atoms with E-state index in [1.807, 2.05) is 75.8 Å². The monoisotopic (exact) mass is 777 g/mol. The van der Waals surface area contributed by atoms with E-state index in [9.17, 15) is 19.0 Å². The van der Waals surface area contributed by atoms with Crippen molar-refractivity contribution in [1.29, 1.82) is 0 Å². The van der Waals surface area contributed by atoms with Crippen LogP contribution in [0.3, 0.4) is 0 Å². The van der Waals surface area contributed by atoms with Crippen molar-refractivity contribution in [1.82, 2.24) is 0 Å². The number of likely N-dealkylation sites (N-methyl/N-ethyl adjacent to an activating group) is 1. The normalized spacial score (nSPS) is 14.6. The molecule has 0 aliphatic rings. The van der Waals surface area contributed by atoms with Gasteiger partial charge in [-0.15, -0.1) is 0 Å². The summed E-state index contributed by atoms with van der Waals surface area (Å²) in [6.45, 7) is 4.12. The Balaban J connectivity index is 4.52. The molecule has 0 aromatic carbocycles. The summed E-state index contributed by atoms with van der Waals surface area (Å²) in [5.41, 5.74) is 0. The van der Waals surface area contributed by atoms with Gasteiger partial charge in [0, 0.05) is 12.8 Å². The Morgan fingerprint density at radius 1 is 0.611 bits per heavy atom. The van der Waals surface area contributed by atoms with Crippen LogP contribution in [0.5, 0.6) is 0 Å². The van der Waals surface area contributed by atoms with Crippen molar-refractivity contribution in [2.75, 3.05) is 47.5 Å². The van der Waals surface area contributed by atoms with Gasteiger partial charge in [-0.25, -0.2) is 4.57 Å². The second kappa shape index (κ2) is 35.9. The quantitative estimate of drug-likeness (QED) is 0.0169. The van der Waals surface area contributed by atoms with Crippen molar-refractivity contribution < 1.29 is 42.1 Å². The fourth-order valence-corrected chi connectivity index (χ4v) is 5.58. The van der Waals surface area contributed by atoms with Gasteiger partial charge in [0.05, 0.1) is 27.7 Å². The number of hydrogen-bond acceptors (Lipinski definition) is 7. The van der Waals surface area contributed by atoms with Gasteiger partial charge in [-0.2, -0.15) is 0 Å². The molecule has 0 spiro atoms. The molecule has 0 aromatic heterocycles. The van der Waals surface area contributed by atoms with Crippen LogP contribution in [-0.4, -0.2) is 74.9 Å². The summed E-state index contributed by atoms with van der Waals surface area (Å²) in [5.74, 6) is -0.905. The summed E-state index contributed by atoms with van der Waals surface area (Å²) < 4.78 is 34.1. The SMILES string of the molecule is CC/C=C/C=C/C=C/C=C/C=C/CCCC(=O)OC(COC(=O)CCCCCCCCC/C=C/C/C=C/CCCCC)COP(=O)(O)OCC[N+](C)(C)C. The van der Waals surface area contributed by atoms with Crippen molar-refractivity contribution in [3.05, 3.63) is 85.1 Å². The fraction of sp³-hybridized carbons (Fsp3) is 0.636. The van der Waals surface area contributed by atoms with E-state index in [2.05, 4.69) is 44.2 Å². The number of unbranched alkanes of at least 4 members (excludes halogenated alkanes) is 11. The third-order valence-electron chi connectivity index (χ3n) is 8.04. The van der Waals surface area contributed by atoms with Crippen molar-refractivity contribution >= 4 is 19.8 Å². The van der Waals surface area contributed by atoms with Crippen LogP contribution in [0.15, 0.2) is 85.1 Å². The fourth-order valence-electron chi connectivity index (χ4n) is 4.84.